The minimum absolute atomic E-state index is 0.170. The molecule has 0 aromatic carbocycles. The lowest BCUT2D eigenvalue weighted by Crippen LogP contribution is -2.50. The number of hydrogen-bond donors (Lipinski definition) is 1. The maximum absolute atomic E-state index is 10.9. The van der Waals surface area contributed by atoms with Gasteiger partial charge in [-0.3, -0.25) is 9.59 Å². The van der Waals surface area contributed by atoms with Gasteiger partial charge in [0, 0.05) is 13.8 Å². The van der Waals surface area contributed by atoms with Crippen molar-refractivity contribution >= 4 is 11.9 Å². The third kappa shape index (κ3) is 3.27. The maximum Gasteiger partial charge on any atom is 0.303 e. The highest BCUT2D eigenvalue weighted by atomic mass is 16.6. The summed E-state index contributed by atoms with van der Waals surface area (Å²) in [6.45, 7) is 4.53. The molecule has 3 atom stereocenters. The molecule has 0 bridgehead atoms. The molecule has 0 aromatic rings. The lowest BCUT2D eigenvalue weighted by atomic mass is 10.0. The molecule has 1 rings (SSSR count). The Morgan fingerprint density at radius 2 is 2.07 bits per heavy atom. The van der Waals surface area contributed by atoms with E-state index in [9.17, 15) is 9.59 Å². The molecule has 1 heterocycles. The average Bonchev–Trinajstić information content (AvgIpc) is 2.09. The summed E-state index contributed by atoms with van der Waals surface area (Å²) < 4.78 is 10.3. The van der Waals surface area contributed by atoms with E-state index in [-0.39, 0.29) is 24.0 Å². The van der Waals surface area contributed by atoms with Crippen molar-refractivity contribution in [3.05, 3.63) is 12.3 Å². The van der Waals surface area contributed by atoms with Crippen LogP contribution in [0.3, 0.4) is 0 Å². The number of carbonyl (C=O) groups excluding carboxylic acids is 2. The van der Waals surface area contributed by atoms with Crippen molar-refractivity contribution in [1.82, 2.24) is 5.32 Å². The summed E-state index contributed by atoms with van der Waals surface area (Å²) in [6, 6.07) is -0.324. The van der Waals surface area contributed by atoms with E-state index >= 15 is 0 Å². The van der Waals surface area contributed by atoms with E-state index < -0.39 is 6.10 Å². The number of amides is 1. The molecule has 84 valence electrons. The Hall–Kier alpha value is -1.52. The van der Waals surface area contributed by atoms with Crippen LogP contribution in [0.1, 0.15) is 20.8 Å². The van der Waals surface area contributed by atoms with Gasteiger partial charge in [-0.15, -0.1) is 0 Å². The molecular formula is C10H15NO4. The fourth-order valence-corrected chi connectivity index (χ4v) is 1.46. The Morgan fingerprint density at radius 3 is 2.60 bits per heavy atom. The lowest BCUT2D eigenvalue weighted by molar-refractivity contribution is -0.155. The maximum atomic E-state index is 10.9. The van der Waals surface area contributed by atoms with Crippen molar-refractivity contribution in [1.29, 1.82) is 0 Å². The summed E-state index contributed by atoms with van der Waals surface area (Å²) in [6.07, 6.45) is 2.42. The average molecular weight is 213 g/mol. The van der Waals surface area contributed by atoms with Crippen LogP contribution in [-0.4, -0.2) is 30.1 Å². The molecule has 0 fully saturated rings. The van der Waals surface area contributed by atoms with Crippen LogP contribution in [0.5, 0.6) is 0 Å². The van der Waals surface area contributed by atoms with Crippen LogP contribution in [0, 0.1) is 0 Å². The van der Waals surface area contributed by atoms with Gasteiger partial charge in [0.05, 0.1) is 12.3 Å². The van der Waals surface area contributed by atoms with Crippen molar-refractivity contribution in [3.8, 4) is 0 Å². The minimum Gasteiger partial charge on any atom is -0.495 e. The second-order valence-corrected chi connectivity index (χ2v) is 3.47. The van der Waals surface area contributed by atoms with Crippen molar-refractivity contribution in [2.75, 3.05) is 0 Å². The molecule has 0 saturated heterocycles. The normalized spacial score (nSPS) is 29.1. The van der Waals surface area contributed by atoms with E-state index in [2.05, 4.69) is 5.32 Å². The van der Waals surface area contributed by atoms with Gasteiger partial charge in [-0.1, -0.05) is 0 Å². The lowest BCUT2D eigenvalue weighted by Gasteiger charge is -2.32. The van der Waals surface area contributed by atoms with E-state index in [1.807, 2.05) is 0 Å². The summed E-state index contributed by atoms with van der Waals surface area (Å²) in [7, 11) is 0. The highest BCUT2D eigenvalue weighted by Gasteiger charge is 2.32. The van der Waals surface area contributed by atoms with E-state index in [1.165, 1.54) is 20.1 Å². The first kappa shape index (κ1) is 11.6. The number of hydrogen-bond acceptors (Lipinski definition) is 4. The van der Waals surface area contributed by atoms with Crippen LogP contribution >= 0.6 is 0 Å². The van der Waals surface area contributed by atoms with Gasteiger partial charge >= 0.3 is 5.97 Å². The molecule has 1 aliphatic rings. The summed E-state index contributed by atoms with van der Waals surface area (Å²) in [5.74, 6) is -0.558. The smallest absolute Gasteiger partial charge is 0.303 e. The highest BCUT2D eigenvalue weighted by Crippen LogP contribution is 2.15. The molecule has 5 nitrogen and oxygen atoms in total. The Bertz CT molecular complexity index is 287. The van der Waals surface area contributed by atoms with E-state index in [0.717, 1.165) is 0 Å². The zero-order valence-electron chi connectivity index (χ0n) is 9.02. The third-order valence-electron chi connectivity index (χ3n) is 2.07. The molecule has 1 aliphatic heterocycles. The molecular weight excluding hydrogens is 198 g/mol. The number of nitrogens with one attached hydrogen (secondary N) is 1. The van der Waals surface area contributed by atoms with Crippen molar-refractivity contribution in [2.24, 2.45) is 0 Å². The summed E-state index contributed by atoms with van der Waals surface area (Å²) in [5, 5.41) is 2.68. The molecule has 5 heteroatoms. The van der Waals surface area contributed by atoms with Crippen LogP contribution in [0.25, 0.3) is 0 Å². The summed E-state index contributed by atoms with van der Waals surface area (Å²) >= 11 is 0. The predicted molar refractivity (Wildman–Crippen MR) is 52.8 cm³/mol. The largest absolute Gasteiger partial charge is 0.495 e. The zero-order chi connectivity index (χ0) is 11.4. The summed E-state index contributed by atoms with van der Waals surface area (Å²) in [5.41, 5.74) is 0. The molecule has 1 amide bonds. The molecule has 15 heavy (non-hydrogen) atoms. The first-order valence-corrected chi connectivity index (χ1v) is 4.77. The van der Waals surface area contributed by atoms with Crippen LogP contribution in [-0.2, 0) is 19.1 Å². The fraction of sp³-hybridized carbons (Fsp3) is 0.600. The Kier molecular flexibility index (Phi) is 3.71. The quantitative estimate of drug-likeness (QED) is 0.672. The third-order valence-corrected chi connectivity index (χ3v) is 2.07. The number of ether oxygens (including phenoxy) is 2. The van der Waals surface area contributed by atoms with Gasteiger partial charge in [-0.05, 0) is 13.0 Å². The second kappa shape index (κ2) is 4.82. The minimum atomic E-state index is -0.476. The first-order valence-electron chi connectivity index (χ1n) is 4.77. The van der Waals surface area contributed by atoms with Gasteiger partial charge in [0.15, 0.2) is 6.10 Å². The molecule has 0 unspecified atom stereocenters. The van der Waals surface area contributed by atoms with Crippen molar-refractivity contribution in [2.45, 2.75) is 39.0 Å². The SMILES string of the molecule is CC(=O)N[C@@H]1C=CO[C@@H](C)[C@@H]1OC(C)=O. The van der Waals surface area contributed by atoms with Crippen molar-refractivity contribution < 1.29 is 19.1 Å². The van der Waals surface area contributed by atoms with Gasteiger partial charge in [0.25, 0.3) is 0 Å². The van der Waals surface area contributed by atoms with Crippen molar-refractivity contribution in [3.63, 3.8) is 0 Å². The van der Waals surface area contributed by atoms with Gasteiger partial charge < -0.3 is 14.8 Å². The Morgan fingerprint density at radius 1 is 1.40 bits per heavy atom. The Balaban J connectivity index is 2.71. The van der Waals surface area contributed by atoms with Crippen LogP contribution in [0.2, 0.25) is 0 Å². The fourth-order valence-electron chi connectivity index (χ4n) is 1.46. The Labute approximate surface area is 88.4 Å². The number of esters is 1. The summed E-state index contributed by atoms with van der Waals surface area (Å²) in [4.78, 5) is 21.8. The standard InChI is InChI=1S/C10H15NO4/c1-6-10(15-8(3)13)9(4-5-14-6)11-7(2)12/h4-6,9-10H,1-3H3,(H,11,12)/t6-,9+,10-/m0/s1. The predicted octanol–water partition coefficient (Wildman–Crippen LogP) is 0.355. The van der Waals surface area contributed by atoms with Gasteiger partial charge in [-0.25, -0.2) is 0 Å². The van der Waals surface area contributed by atoms with Crippen LogP contribution in [0.4, 0.5) is 0 Å². The zero-order valence-corrected chi connectivity index (χ0v) is 9.02. The number of carbonyl (C=O) groups is 2. The monoisotopic (exact) mass is 213 g/mol. The first-order chi connectivity index (χ1) is 7.00. The van der Waals surface area contributed by atoms with Gasteiger partial charge in [0.2, 0.25) is 5.91 Å². The molecule has 0 saturated carbocycles. The van der Waals surface area contributed by atoms with E-state index in [1.54, 1.807) is 13.0 Å². The number of rotatable bonds is 2. The molecule has 1 N–H and O–H groups in total. The van der Waals surface area contributed by atoms with Crippen LogP contribution in [0.15, 0.2) is 12.3 Å². The van der Waals surface area contributed by atoms with Gasteiger partial charge in [-0.2, -0.15) is 0 Å². The van der Waals surface area contributed by atoms with Gasteiger partial charge in [0.1, 0.15) is 6.10 Å². The highest BCUT2D eigenvalue weighted by molar-refractivity contribution is 5.73. The molecule has 0 spiro atoms. The molecule has 0 aromatic heterocycles. The topological polar surface area (TPSA) is 64.6 Å². The van der Waals surface area contributed by atoms with E-state index in [4.69, 9.17) is 9.47 Å². The van der Waals surface area contributed by atoms with Crippen LogP contribution < -0.4 is 5.32 Å². The molecule has 0 radical (unpaired) electrons. The van der Waals surface area contributed by atoms with E-state index in [0.29, 0.717) is 0 Å². The second-order valence-electron chi connectivity index (χ2n) is 3.47. The molecule has 0 aliphatic carbocycles.